The van der Waals surface area contributed by atoms with Crippen LogP contribution in [-0.4, -0.2) is 18.7 Å². The zero-order valence-corrected chi connectivity index (χ0v) is 11.1. The van der Waals surface area contributed by atoms with Crippen molar-refractivity contribution in [1.82, 2.24) is 4.73 Å². The Balaban J connectivity index is 2.31. The summed E-state index contributed by atoms with van der Waals surface area (Å²) in [5, 5.41) is 1.20. The SMILES string of the molecule is O=S(=O)(On1c2ccccc2c2ccccc21)C(F)(F)F. The smallest absolute Gasteiger partial charge is 0.280 e. The lowest BCUT2D eigenvalue weighted by atomic mass is 10.2. The number of fused-ring (bicyclic) bond motifs is 3. The molecule has 1 aromatic heterocycles. The van der Waals surface area contributed by atoms with Crippen molar-refractivity contribution < 1.29 is 25.9 Å². The molecule has 110 valence electrons. The van der Waals surface area contributed by atoms with E-state index >= 15 is 0 Å². The van der Waals surface area contributed by atoms with E-state index in [9.17, 15) is 21.6 Å². The number of nitrogens with zero attached hydrogens (tertiary/aromatic N) is 1. The molecule has 0 fully saturated rings. The van der Waals surface area contributed by atoms with Crippen LogP contribution in [0.3, 0.4) is 0 Å². The zero-order valence-electron chi connectivity index (χ0n) is 10.3. The quantitative estimate of drug-likeness (QED) is 0.683. The average molecular weight is 315 g/mol. The van der Waals surface area contributed by atoms with Gasteiger partial charge in [0.1, 0.15) is 0 Å². The molecule has 0 unspecified atom stereocenters. The van der Waals surface area contributed by atoms with Gasteiger partial charge in [0.2, 0.25) is 0 Å². The Morgan fingerprint density at radius 1 is 0.857 bits per heavy atom. The second kappa shape index (κ2) is 4.39. The van der Waals surface area contributed by atoms with E-state index in [1.54, 1.807) is 36.4 Å². The molecule has 0 aliphatic rings. The highest BCUT2D eigenvalue weighted by atomic mass is 32.2. The van der Waals surface area contributed by atoms with Crippen LogP contribution >= 0.6 is 0 Å². The van der Waals surface area contributed by atoms with E-state index in [1.807, 2.05) is 0 Å². The third-order valence-electron chi connectivity index (χ3n) is 2.99. The fourth-order valence-corrected chi connectivity index (χ4v) is 2.55. The van der Waals surface area contributed by atoms with Gasteiger partial charge in [-0.15, -0.1) is 0 Å². The molecule has 3 aromatic rings. The summed E-state index contributed by atoms with van der Waals surface area (Å²) >= 11 is 0. The Morgan fingerprint density at radius 3 is 1.71 bits per heavy atom. The van der Waals surface area contributed by atoms with E-state index in [2.05, 4.69) is 4.28 Å². The Labute approximate surface area is 117 Å². The summed E-state index contributed by atoms with van der Waals surface area (Å²) in [6, 6.07) is 12.9. The molecule has 2 aromatic carbocycles. The number of hydrogen-bond donors (Lipinski definition) is 0. The minimum Gasteiger partial charge on any atom is -0.280 e. The predicted molar refractivity (Wildman–Crippen MR) is 71.0 cm³/mol. The molecule has 3 rings (SSSR count). The van der Waals surface area contributed by atoms with Gasteiger partial charge in [-0.2, -0.15) is 26.3 Å². The summed E-state index contributed by atoms with van der Waals surface area (Å²) in [4.78, 5) is 0. The molecule has 0 bridgehead atoms. The van der Waals surface area contributed by atoms with Crippen molar-refractivity contribution in [3.05, 3.63) is 48.5 Å². The van der Waals surface area contributed by atoms with Crippen LogP contribution in [0.25, 0.3) is 21.8 Å². The largest absolute Gasteiger partial charge is 0.536 e. The van der Waals surface area contributed by atoms with E-state index in [1.165, 1.54) is 12.1 Å². The van der Waals surface area contributed by atoms with E-state index in [0.717, 1.165) is 0 Å². The average Bonchev–Trinajstić information content (AvgIpc) is 2.73. The van der Waals surface area contributed by atoms with Crippen molar-refractivity contribution in [3.63, 3.8) is 0 Å². The topological polar surface area (TPSA) is 48.3 Å². The van der Waals surface area contributed by atoms with Crippen molar-refractivity contribution in [2.24, 2.45) is 0 Å². The highest BCUT2D eigenvalue weighted by Gasteiger charge is 2.49. The summed E-state index contributed by atoms with van der Waals surface area (Å²) < 4.78 is 65.0. The molecule has 4 nitrogen and oxygen atoms in total. The third-order valence-corrected chi connectivity index (χ3v) is 3.90. The maximum Gasteiger partial charge on any atom is 0.536 e. The Bertz CT molecular complexity index is 875. The number of aromatic nitrogens is 1. The summed E-state index contributed by atoms with van der Waals surface area (Å²) in [6.45, 7) is 0. The van der Waals surface area contributed by atoms with Gasteiger partial charge in [0.15, 0.2) is 0 Å². The van der Waals surface area contributed by atoms with Crippen LogP contribution in [0.15, 0.2) is 48.5 Å². The first kappa shape index (κ1) is 13.7. The van der Waals surface area contributed by atoms with Crippen molar-refractivity contribution in [3.8, 4) is 0 Å². The number of alkyl halides is 3. The molecular weight excluding hydrogens is 307 g/mol. The van der Waals surface area contributed by atoms with Gasteiger partial charge >= 0.3 is 15.6 Å². The molecule has 0 saturated heterocycles. The Kier molecular flexibility index (Phi) is 2.87. The highest BCUT2D eigenvalue weighted by molar-refractivity contribution is 7.87. The monoisotopic (exact) mass is 315 g/mol. The molecule has 1 heterocycles. The molecule has 0 spiro atoms. The van der Waals surface area contributed by atoms with Crippen LogP contribution < -0.4 is 4.28 Å². The molecule has 0 aliphatic carbocycles. The van der Waals surface area contributed by atoms with E-state index in [4.69, 9.17) is 0 Å². The van der Waals surface area contributed by atoms with Gasteiger partial charge in [-0.05, 0) is 12.1 Å². The number of para-hydroxylation sites is 2. The van der Waals surface area contributed by atoms with E-state index < -0.39 is 15.6 Å². The van der Waals surface area contributed by atoms with Gasteiger partial charge in [0, 0.05) is 10.8 Å². The van der Waals surface area contributed by atoms with Gasteiger partial charge < -0.3 is 0 Å². The fraction of sp³-hybridized carbons (Fsp3) is 0.0769. The van der Waals surface area contributed by atoms with Crippen molar-refractivity contribution in [2.75, 3.05) is 0 Å². The first-order chi connectivity index (χ1) is 9.81. The van der Waals surface area contributed by atoms with E-state index in [-0.39, 0.29) is 11.0 Å². The van der Waals surface area contributed by atoms with Crippen LogP contribution in [0.1, 0.15) is 0 Å². The molecule has 0 amide bonds. The predicted octanol–water partition coefficient (Wildman–Crippen LogP) is 3.07. The lowest BCUT2D eigenvalue weighted by Gasteiger charge is -2.11. The maximum absolute atomic E-state index is 12.5. The Morgan fingerprint density at radius 2 is 1.29 bits per heavy atom. The number of hydrogen-bond acceptors (Lipinski definition) is 3. The van der Waals surface area contributed by atoms with Crippen molar-refractivity contribution >= 4 is 31.9 Å². The standard InChI is InChI=1S/C13H8F3NO3S/c14-13(15,16)21(18,19)20-17-11-7-3-1-5-9(11)10-6-2-4-8-12(10)17/h1-8H. The zero-order chi connectivity index (χ0) is 15.3. The first-order valence-electron chi connectivity index (χ1n) is 5.81. The van der Waals surface area contributed by atoms with Gasteiger partial charge in [-0.1, -0.05) is 36.4 Å². The summed E-state index contributed by atoms with van der Waals surface area (Å²) in [5.41, 5.74) is -5.00. The molecule has 0 saturated carbocycles. The van der Waals surface area contributed by atoms with Crippen LogP contribution in [0.5, 0.6) is 0 Å². The molecule has 0 atom stereocenters. The minimum absolute atomic E-state index is 0.242. The second-order valence-corrected chi connectivity index (χ2v) is 5.82. The molecular formula is C13H8F3NO3S. The Hall–Kier alpha value is -2.22. The summed E-state index contributed by atoms with van der Waals surface area (Å²) in [6.07, 6.45) is 0. The normalized spacial score (nSPS) is 12.9. The molecule has 0 aliphatic heterocycles. The fourth-order valence-electron chi connectivity index (χ4n) is 2.11. The van der Waals surface area contributed by atoms with Crippen LogP contribution in [0.4, 0.5) is 13.2 Å². The van der Waals surface area contributed by atoms with Crippen molar-refractivity contribution in [2.45, 2.75) is 5.51 Å². The van der Waals surface area contributed by atoms with Gasteiger partial charge in [0.25, 0.3) is 0 Å². The minimum atomic E-state index is -5.74. The number of benzene rings is 2. The number of halogens is 3. The van der Waals surface area contributed by atoms with Gasteiger partial charge in [-0.3, -0.25) is 4.28 Å². The maximum atomic E-state index is 12.5. The van der Waals surface area contributed by atoms with Gasteiger partial charge in [0.05, 0.1) is 11.0 Å². The summed E-state index contributed by atoms with van der Waals surface area (Å²) in [5.74, 6) is 0. The second-order valence-electron chi connectivity index (χ2n) is 4.30. The van der Waals surface area contributed by atoms with E-state index in [0.29, 0.717) is 15.5 Å². The highest BCUT2D eigenvalue weighted by Crippen LogP contribution is 2.30. The number of rotatable bonds is 2. The van der Waals surface area contributed by atoms with Gasteiger partial charge in [-0.25, -0.2) is 0 Å². The molecule has 0 radical (unpaired) electrons. The van der Waals surface area contributed by atoms with Crippen LogP contribution in [0.2, 0.25) is 0 Å². The first-order valence-corrected chi connectivity index (χ1v) is 7.21. The lowest BCUT2D eigenvalue weighted by molar-refractivity contribution is -0.0540. The molecule has 0 N–H and O–H groups in total. The van der Waals surface area contributed by atoms with Crippen molar-refractivity contribution in [1.29, 1.82) is 0 Å². The molecule has 8 heteroatoms. The van der Waals surface area contributed by atoms with Crippen LogP contribution in [-0.2, 0) is 10.1 Å². The van der Waals surface area contributed by atoms with Crippen LogP contribution in [0, 0.1) is 0 Å². The summed E-state index contributed by atoms with van der Waals surface area (Å²) in [7, 11) is -5.74. The molecule has 21 heavy (non-hydrogen) atoms. The third kappa shape index (κ3) is 2.11. The lowest BCUT2D eigenvalue weighted by Crippen LogP contribution is -2.33.